The topological polar surface area (TPSA) is 30.7 Å². The number of benzene rings is 1. The van der Waals surface area contributed by atoms with E-state index in [1.807, 2.05) is 31.3 Å². The summed E-state index contributed by atoms with van der Waals surface area (Å²) in [7, 11) is 2.02. The van der Waals surface area contributed by atoms with Gasteiger partial charge < -0.3 is 4.57 Å². The highest BCUT2D eigenvalue weighted by molar-refractivity contribution is 7.79. The minimum absolute atomic E-state index is 0.736. The molecule has 2 heterocycles. The van der Waals surface area contributed by atoms with E-state index in [2.05, 4.69) is 39.3 Å². The number of nitrogens with zero attached hydrogens (tertiary/aromatic N) is 3. The molecule has 3 aromatic rings. The van der Waals surface area contributed by atoms with E-state index in [1.54, 1.807) is 6.20 Å². The monoisotopic (exact) mass is 255 g/mol. The van der Waals surface area contributed by atoms with E-state index in [-0.39, 0.29) is 0 Å². The standard InChI is InChI=1S/C14H13N3S/c1-17-13-8-10(9-18)5-6-11(13)16-14(17)12-4-2-3-7-15-12/h2-8,18H,9H2,1H3. The van der Waals surface area contributed by atoms with Crippen LogP contribution in [0.3, 0.4) is 0 Å². The molecule has 0 fully saturated rings. The number of hydrogen-bond acceptors (Lipinski definition) is 3. The second-order valence-electron chi connectivity index (χ2n) is 4.19. The fourth-order valence-corrected chi connectivity index (χ4v) is 2.25. The van der Waals surface area contributed by atoms with Crippen LogP contribution in [0.5, 0.6) is 0 Å². The molecule has 0 saturated heterocycles. The van der Waals surface area contributed by atoms with Crippen molar-refractivity contribution >= 4 is 23.7 Å². The van der Waals surface area contributed by atoms with Gasteiger partial charge in [0.2, 0.25) is 0 Å². The van der Waals surface area contributed by atoms with Crippen LogP contribution < -0.4 is 0 Å². The van der Waals surface area contributed by atoms with Crippen molar-refractivity contribution < 1.29 is 0 Å². The number of thiol groups is 1. The highest BCUT2D eigenvalue weighted by Crippen LogP contribution is 2.23. The average Bonchev–Trinajstić information content (AvgIpc) is 2.77. The van der Waals surface area contributed by atoms with Gasteiger partial charge in [-0.1, -0.05) is 12.1 Å². The number of hydrogen-bond donors (Lipinski definition) is 1. The summed E-state index contributed by atoms with van der Waals surface area (Å²) in [6, 6.07) is 12.1. The van der Waals surface area contributed by atoms with E-state index in [9.17, 15) is 0 Å². The van der Waals surface area contributed by atoms with Crippen molar-refractivity contribution in [3.63, 3.8) is 0 Å². The summed E-state index contributed by atoms with van der Waals surface area (Å²) < 4.78 is 2.07. The van der Waals surface area contributed by atoms with Gasteiger partial charge in [0.05, 0.1) is 11.0 Å². The van der Waals surface area contributed by atoms with E-state index in [1.165, 1.54) is 5.56 Å². The van der Waals surface area contributed by atoms with Crippen molar-refractivity contribution in [2.75, 3.05) is 0 Å². The van der Waals surface area contributed by atoms with E-state index in [0.717, 1.165) is 28.3 Å². The molecular weight excluding hydrogens is 242 g/mol. The molecule has 0 unspecified atom stereocenters. The molecule has 0 bridgehead atoms. The Morgan fingerprint density at radius 3 is 2.83 bits per heavy atom. The molecule has 1 aromatic carbocycles. The molecular formula is C14H13N3S. The number of imidazole rings is 1. The molecule has 0 radical (unpaired) electrons. The minimum Gasteiger partial charge on any atom is -0.326 e. The number of pyridine rings is 1. The van der Waals surface area contributed by atoms with Gasteiger partial charge in [-0.25, -0.2) is 4.98 Å². The molecule has 2 aromatic heterocycles. The minimum atomic E-state index is 0.736. The Morgan fingerprint density at radius 1 is 1.22 bits per heavy atom. The first-order valence-corrected chi connectivity index (χ1v) is 6.40. The van der Waals surface area contributed by atoms with Gasteiger partial charge in [-0.3, -0.25) is 4.98 Å². The normalized spacial score (nSPS) is 11.0. The van der Waals surface area contributed by atoms with Gasteiger partial charge in [-0.15, -0.1) is 0 Å². The molecule has 0 atom stereocenters. The summed E-state index contributed by atoms with van der Waals surface area (Å²) in [5.41, 5.74) is 4.19. The predicted octanol–water partition coefficient (Wildman–Crippen LogP) is 3.07. The van der Waals surface area contributed by atoms with E-state index < -0.39 is 0 Å². The lowest BCUT2D eigenvalue weighted by Crippen LogP contribution is -1.94. The molecule has 3 rings (SSSR count). The van der Waals surface area contributed by atoms with Crippen molar-refractivity contribution in [2.45, 2.75) is 5.75 Å². The zero-order valence-electron chi connectivity index (χ0n) is 10.0. The highest BCUT2D eigenvalue weighted by Gasteiger charge is 2.10. The maximum Gasteiger partial charge on any atom is 0.159 e. The van der Waals surface area contributed by atoms with Gasteiger partial charge in [0, 0.05) is 19.0 Å². The van der Waals surface area contributed by atoms with E-state index >= 15 is 0 Å². The molecule has 0 N–H and O–H groups in total. The summed E-state index contributed by atoms with van der Waals surface area (Å²) in [4.78, 5) is 8.98. The van der Waals surface area contributed by atoms with E-state index in [0.29, 0.717) is 0 Å². The number of aryl methyl sites for hydroxylation is 1. The van der Waals surface area contributed by atoms with Crippen LogP contribution in [-0.4, -0.2) is 14.5 Å². The smallest absolute Gasteiger partial charge is 0.159 e. The van der Waals surface area contributed by atoms with Crippen LogP contribution in [-0.2, 0) is 12.8 Å². The van der Waals surface area contributed by atoms with E-state index in [4.69, 9.17) is 0 Å². The average molecular weight is 255 g/mol. The third kappa shape index (κ3) is 1.78. The summed E-state index contributed by atoms with van der Waals surface area (Å²) in [6.07, 6.45) is 1.79. The summed E-state index contributed by atoms with van der Waals surface area (Å²) in [5.74, 6) is 1.63. The Bertz CT molecular complexity index is 689. The Hall–Kier alpha value is -1.81. The maximum absolute atomic E-state index is 4.63. The predicted molar refractivity (Wildman–Crippen MR) is 76.6 cm³/mol. The third-order valence-electron chi connectivity index (χ3n) is 3.02. The van der Waals surface area contributed by atoms with Crippen LogP contribution in [0.2, 0.25) is 0 Å². The lowest BCUT2D eigenvalue weighted by molar-refractivity contribution is 0.950. The zero-order chi connectivity index (χ0) is 12.5. The first-order chi connectivity index (χ1) is 8.79. The van der Waals surface area contributed by atoms with Crippen molar-refractivity contribution in [1.82, 2.24) is 14.5 Å². The first-order valence-electron chi connectivity index (χ1n) is 5.77. The zero-order valence-corrected chi connectivity index (χ0v) is 10.9. The van der Waals surface area contributed by atoms with Crippen molar-refractivity contribution in [3.8, 4) is 11.5 Å². The lowest BCUT2D eigenvalue weighted by atomic mass is 10.2. The largest absolute Gasteiger partial charge is 0.326 e. The fourth-order valence-electron chi connectivity index (χ4n) is 2.06. The van der Waals surface area contributed by atoms with Crippen molar-refractivity contribution in [1.29, 1.82) is 0 Å². The highest BCUT2D eigenvalue weighted by atomic mass is 32.1. The summed E-state index contributed by atoms with van der Waals surface area (Å²) in [6.45, 7) is 0. The molecule has 0 aliphatic rings. The molecule has 0 saturated carbocycles. The van der Waals surface area contributed by atoms with Gasteiger partial charge in [-0.2, -0.15) is 12.6 Å². The number of fused-ring (bicyclic) bond motifs is 1. The van der Waals surface area contributed by atoms with Gasteiger partial charge in [0.1, 0.15) is 5.69 Å². The van der Waals surface area contributed by atoms with Gasteiger partial charge in [0.25, 0.3) is 0 Å². The third-order valence-corrected chi connectivity index (χ3v) is 3.39. The quantitative estimate of drug-likeness (QED) is 0.713. The second kappa shape index (κ2) is 4.46. The van der Waals surface area contributed by atoms with Gasteiger partial charge in [-0.05, 0) is 29.8 Å². The van der Waals surface area contributed by atoms with Crippen LogP contribution in [0.4, 0.5) is 0 Å². The Labute approximate surface area is 111 Å². The molecule has 4 heteroatoms. The second-order valence-corrected chi connectivity index (χ2v) is 4.51. The van der Waals surface area contributed by atoms with Crippen LogP contribution in [0.25, 0.3) is 22.6 Å². The van der Waals surface area contributed by atoms with Crippen molar-refractivity contribution in [3.05, 3.63) is 48.2 Å². The van der Waals surface area contributed by atoms with Gasteiger partial charge >= 0.3 is 0 Å². The Morgan fingerprint density at radius 2 is 2.11 bits per heavy atom. The van der Waals surface area contributed by atoms with Crippen LogP contribution in [0, 0.1) is 0 Å². The summed E-state index contributed by atoms with van der Waals surface area (Å²) >= 11 is 4.30. The number of rotatable bonds is 2. The maximum atomic E-state index is 4.63. The molecule has 0 amide bonds. The molecule has 18 heavy (non-hydrogen) atoms. The summed E-state index contributed by atoms with van der Waals surface area (Å²) in [5, 5.41) is 0. The first kappa shape index (κ1) is 11.3. The fraction of sp³-hybridized carbons (Fsp3) is 0.143. The molecule has 90 valence electrons. The Balaban J connectivity index is 2.23. The van der Waals surface area contributed by atoms with Gasteiger partial charge in [0.15, 0.2) is 5.82 Å². The lowest BCUT2D eigenvalue weighted by Gasteiger charge is -2.01. The SMILES string of the molecule is Cn1c(-c2ccccn2)nc2ccc(CS)cc21. The molecule has 0 aliphatic carbocycles. The number of aromatic nitrogens is 3. The molecule has 0 spiro atoms. The molecule has 3 nitrogen and oxygen atoms in total. The van der Waals surface area contributed by atoms with Crippen molar-refractivity contribution in [2.24, 2.45) is 7.05 Å². The van der Waals surface area contributed by atoms with Crippen LogP contribution in [0.15, 0.2) is 42.6 Å². The van der Waals surface area contributed by atoms with Crippen LogP contribution in [0.1, 0.15) is 5.56 Å². The molecule has 0 aliphatic heterocycles. The Kier molecular flexibility index (Phi) is 2.80. The van der Waals surface area contributed by atoms with Crippen LogP contribution >= 0.6 is 12.6 Å².